The predicted octanol–water partition coefficient (Wildman–Crippen LogP) is 3.13. The van der Waals surface area contributed by atoms with Gasteiger partial charge in [-0.15, -0.1) is 0 Å². The maximum Gasteiger partial charge on any atom is 0.258 e. The zero-order chi connectivity index (χ0) is 16.9. The van der Waals surface area contributed by atoms with E-state index in [-0.39, 0.29) is 5.91 Å². The first-order valence-corrected chi connectivity index (χ1v) is 8.54. The maximum absolute atomic E-state index is 12.2. The lowest BCUT2D eigenvalue weighted by molar-refractivity contribution is 0.102. The Labute approximate surface area is 147 Å². The van der Waals surface area contributed by atoms with Crippen LogP contribution in [0.5, 0.6) is 0 Å². The molecule has 0 spiro atoms. The van der Waals surface area contributed by atoms with Crippen LogP contribution in [0.1, 0.15) is 17.3 Å². The summed E-state index contributed by atoms with van der Waals surface area (Å²) < 4.78 is 0. The van der Waals surface area contributed by atoms with E-state index >= 15 is 0 Å². The molecule has 1 aliphatic rings. The van der Waals surface area contributed by atoms with Crippen molar-refractivity contribution in [3.63, 3.8) is 0 Å². The number of aromatic nitrogens is 1. The summed E-state index contributed by atoms with van der Waals surface area (Å²) in [7, 11) is 0. The SMILES string of the molecule is CCN1CCN(c2ccc(NC(=O)c3ccccc3Cl)nc2)CC1. The van der Waals surface area contributed by atoms with Gasteiger partial charge in [0.1, 0.15) is 5.82 Å². The van der Waals surface area contributed by atoms with Crippen molar-refractivity contribution >= 4 is 29.0 Å². The summed E-state index contributed by atoms with van der Waals surface area (Å²) in [5.74, 6) is 0.272. The molecule has 126 valence electrons. The van der Waals surface area contributed by atoms with E-state index in [9.17, 15) is 4.79 Å². The Morgan fingerprint density at radius 3 is 2.54 bits per heavy atom. The molecule has 3 rings (SSSR count). The summed E-state index contributed by atoms with van der Waals surface area (Å²) in [6.45, 7) is 7.43. The van der Waals surface area contributed by atoms with Gasteiger partial charge in [0.2, 0.25) is 0 Å². The van der Waals surface area contributed by atoms with E-state index in [2.05, 4.69) is 27.0 Å². The highest BCUT2D eigenvalue weighted by atomic mass is 35.5. The summed E-state index contributed by atoms with van der Waals surface area (Å²) in [5.41, 5.74) is 1.53. The predicted molar refractivity (Wildman–Crippen MR) is 98.0 cm³/mol. The molecule has 0 unspecified atom stereocenters. The van der Waals surface area contributed by atoms with Crippen LogP contribution in [-0.2, 0) is 0 Å². The molecule has 6 heteroatoms. The number of nitrogens with one attached hydrogen (secondary N) is 1. The maximum atomic E-state index is 12.2. The van der Waals surface area contributed by atoms with Crippen LogP contribution in [-0.4, -0.2) is 48.5 Å². The molecule has 0 atom stereocenters. The molecule has 1 fully saturated rings. The van der Waals surface area contributed by atoms with Gasteiger partial charge in [0.15, 0.2) is 0 Å². The third-order valence-electron chi connectivity index (χ3n) is 4.29. The second-order valence-corrected chi connectivity index (χ2v) is 6.16. The number of anilines is 2. The van der Waals surface area contributed by atoms with Gasteiger partial charge in [0.05, 0.1) is 22.5 Å². The molecule has 0 saturated carbocycles. The Kier molecular flexibility index (Phi) is 5.33. The quantitative estimate of drug-likeness (QED) is 0.925. The Bertz CT molecular complexity index is 696. The lowest BCUT2D eigenvalue weighted by Gasteiger charge is -2.35. The first-order valence-electron chi connectivity index (χ1n) is 8.16. The van der Waals surface area contributed by atoms with E-state index in [1.54, 1.807) is 24.3 Å². The highest BCUT2D eigenvalue weighted by Crippen LogP contribution is 2.19. The fourth-order valence-electron chi connectivity index (χ4n) is 2.80. The number of hydrogen-bond donors (Lipinski definition) is 1. The summed E-state index contributed by atoms with van der Waals surface area (Å²) in [4.78, 5) is 21.3. The standard InChI is InChI=1S/C18H21ClN4O/c1-2-22-9-11-23(12-10-22)14-7-8-17(20-13-14)21-18(24)15-5-3-4-6-16(15)19/h3-8,13H,2,9-12H2,1H3,(H,20,21,24). The average molecular weight is 345 g/mol. The highest BCUT2D eigenvalue weighted by molar-refractivity contribution is 6.34. The molecule has 24 heavy (non-hydrogen) atoms. The van der Waals surface area contributed by atoms with Gasteiger partial charge in [-0.3, -0.25) is 4.79 Å². The van der Waals surface area contributed by atoms with Crippen LogP contribution in [0.4, 0.5) is 11.5 Å². The number of hydrogen-bond acceptors (Lipinski definition) is 4. The van der Waals surface area contributed by atoms with Crippen molar-refractivity contribution in [3.05, 3.63) is 53.2 Å². The zero-order valence-corrected chi connectivity index (χ0v) is 14.5. The van der Waals surface area contributed by atoms with Crippen LogP contribution in [0.2, 0.25) is 5.02 Å². The van der Waals surface area contributed by atoms with Gasteiger partial charge in [-0.1, -0.05) is 30.7 Å². The molecule has 1 amide bonds. The van der Waals surface area contributed by atoms with Crippen molar-refractivity contribution < 1.29 is 4.79 Å². The Balaban J connectivity index is 1.63. The van der Waals surface area contributed by atoms with Crippen LogP contribution in [0.3, 0.4) is 0 Å². The molecular formula is C18H21ClN4O. The number of rotatable bonds is 4. The van der Waals surface area contributed by atoms with E-state index < -0.39 is 0 Å². The number of benzene rings is 1. The van der Waals surface area contributed by atoms with Crippen LogP contribution < -0.4 is 10.2 Å². The molecule has 2 aromatic rings. The van der Waals surface area contributed by atoms with Crippen molar-refractivity contribution in [2.75, 3.05) is 42.9 Å². The number of carbonyl (C=O) groups excluding carboxylic acids is 1. The van der Waals surface area contributed by atoms with Gasteiger partial charge in [-0.25, -0.2) is 4.98 Å². The van der Waals surface area contributed by atoms with E-state index in [0.717, 1.165) is 38.4 Å². The summed E-state index contributed by atoms with van der Waals surface area (Å²) >= 11 is 6.04. The molecule has 5 nitrogen and oxygen atoms in total. The van der Waals surface area contributed by atoms with Crippen molar-refractivity contribution in [2.24, 2.45) is 0 Å². The first kappa shape index (κ1) is 16.7. The number of halogens is 1. The number of carbonyl (C=O) groups is 1. The lowest BCUT2D eigenvalue weighted by atomic mass is 10.2. The molecule has 1 aromatic heterocycles. The number of piperazine rings is 1. The number of amides is 1. The van der Waals surface area contributed by atoms with Crippen LogP contribution in [0.25, 0.3) is 0 Å². The molecular weight excluding hydrogens is 324 g/mol. The van der Waals surface area contributed by atoms with Gasteiger partial charge < -0.3 is 15.1 Å². The Morgan fingerprint density at radius 1 is 1.17 bits per heavy atom. The third-order valence-corrected chi connectivity index (χ3v) is 4.62. The minimum Gasteiger partial charge on any atom is -0.368 e. The second kappa shape index (κ2) is 7.64. The van der Waals surface area contributed by atoms with E-state index in [4.69, 9.17) is 11.6 Å². The van der Waals surface area contributed by atoms with Crippen LogP contribution >= 0.6 is 11.6 Å². The molecule has 2 heterocycles. The van der Waals surface area contributed by atoms with Gasteiger partial charge >= 0.3 is 0 Å². The number of pyridine rings is 1. The Morgan fingerprint density at radius 2 is 1.92 bits per heavy atom. The first-order chi connectivity index (χ1) is 11.7. The van der Waals surface area contributed by atoms with Crippen molar-refractivity contribution in [3.8, 4) is 0 Å². The minimum atomic E-state index is -0.252. The number of nitrogens with zero attached hydrogens (tertiary/aromatic N) is 3. The van der Waals surface area contributed by atoms with E-state index in [1.807, 2.05) is 18.3 Å². The van der Waals surface area contributed by atoms with Gasteiger partial charge in [0.25, 0.3) is 5.91 Å². The topological polar surface area (TPSA) is 48.5 Å². The van der Waals surface area contributed by atoms with Crippen molar-refractivity contribution in [1.29, 1.82) is 0 Å². The molecule has 0 radical (unpaired) electrons. The monoisotopic (exact) mass is 344 g/mol. The zero-order valence-electron chi connectivity index (χ0n) is 13.7. The fraction of sp³-hybridized carbons (Fsp3) is 0.333. The molecule has 0 bridgehead atoms. The summed E-state index contributed by atoms with van der Waals surface area (Å²) in [6, 6.07) is 10.8. The van der Waals surface area contributed by atoms with Crippen LogP contribution in [0.15, 0.2) is 42.6 Å². The second-order valence-electron chi connectivity index (χ2n) is 5.76. The van der Waals surface area contributed by atoms with Gasteiger partial charge in [0, 0.05) is 26.2 Å². The summed E-state index contributed by atoms with van der Waals surface area (Å²) in [6.07, 6.45) is 1.81. The fourth-order valence-corrected chi connectivity index (χ4v) is 3.02. The minimum absolute atomic E-state index is 0.252. The molecule has 1 N–H and O–H groups in total. The third kappa shape index (κ3) is 3.86. The molecule has 1 aliphatic heterocycles. The molecule has 1 aromatic carbocycles. The molecule has 1 saturated heterocycles. The van der Waals surface area contributed by atoms with E-state index in [0.29, 0.717) is 16.4 Å². The van der Waals surface area contributed by atoms with Crippen molar-refractivity contribution in [1.82, 2.24) is 9.88 Å². The average Bonchev–Trinajstić information content (AvgIpc) is 2.63. The highest BCUT2D eigenvalue weighted by Gasteiger charge is 2.16. The van der Waals surface area contributed by atoms with Gasteiger partial charge in [-0.05, 0) is 30.8 Å². The lowest BCUT2D eigenvalue weighted by Crippen LogP contribution is -2.46. The van der Waals surface area contributed by atoms with Crippen molar-refractivity contribution in [2.45, 2.75) is 6.92 Å². The Hall–Kier alpha value is -2.11. The van der Waals surface area contributed by atoms with E-state index in [1.165, 1.54) is 0 Å². The smallest absolute Gasteiger partial charge is 0.258 e. The largest absolute Gasteiger partial charge is 0.368 e. The van der Waals surface area contributed by atoms with Gasteiger partial charge in [-0.2, -0.15) is 0 Å². The molecule has 0 aliphatic carbocycles. The normalized spacial score (nSPS) is 15.3. The summed E-state index contributed by atoms with van der Waals surface area (Å²) in [5, 5.41) is 3.22. The van der Waals surface area contributed by atoms with Crippen LogP contribution in [0, 0.1) is 0 Å². The number of likely N-dealkylation sites (N-methyl/N-ethyl adjacent to an activating group) is 1.